The van der Waals surface area contributed by atoms with E-state index in [9.17, 15) is 0 Å². The van der Waals surface area contributed by atoms with E-state index >= 15 is 0 Å². The van der Waals surface area contributed by atoms with Crippen LogP contribution in [0, 0.1) is 17.3 Å². The maximum absolute atomic E-state index is 5.61. The van der Waals surface area contributed by atoms with E-state index in [0.29, 0.717) is 5.41 Å². The van der Waals surface area contributed by atoms with E-state index in [1.54, 1.807) is 5.57 Å². The number of allylic oxidation sites excluding steroid dienone is 2. The minimum atomic E-state index is 0.396. The van der Waals surface area contributed by atoms with Crippen LogP contribution < -0.4 is 9.80 Å². The third-order valence-electron chi connectivity index (χ3n) is 8.07. The van der Waals surface area contributed by atoms with E-state index < -0.39 is 0 Å². The fourth-order valence-corrected chi connectivity index (χ4v) is 5.59. The van der Waals surface area contributed by atoms with Crippen molar-refractivity contribution in [1.29, 1.82) is 0 Å². The second kappa shape index (κ2) is 10.8. The van der Waals surface area contributed by atoms with Crippen LogP contribution in [0.3, 0.4) is 0 Å². The van der Waals surface area contributed by atoms with E-state index in [-0.39, 0.29) is 0 Å². The summed E-state index contributed by atoms with van der Waals surface area (Å²) >= 11 is 0. The summed E-state index contributed by atoms with van der Waals surface area (Å²) in [5.41, 5.74) is 6.28. The largest absolute Gasteiger partial charge is 0.378 e. The van der Waals surface area contributed by atoms with Crippen LogP contribution in [0.1, 0.15) is 65.9 Å². The van der Waals surface area contributed by atoms with E-state index in [2.05, 4.69) is 73.6 Å². The van der Waals surface area contributed by atoms with Gasteiger partial charge in [-0.3, -0.25) is 4.90 Å². The van der Waals surface area contributed by atoms with Crippen LogP contribution in [0.15, 0.2) is 24.3 Å². The number of benzene rings is 1. The molecule has 2 heterocycles. The Bertz CT molecular complexity index is 796. The SMILES string of the molecule is CC(C)CCN1CCN(c2ccc(N3CCOCC3)cc2C2=CCC(C(C)(C)C)CC2)CC1. The first-order valence-electron chi connectivity index (χ1n) is 13.4. The molecule has 4 nitrogen and oxygen atoms in total. The highest BCUT2D eigenvalue weighted by molar-refractivity contribution is 5.80. The van der Waals surface area contributed by atoms with E-state index in [4.69, 9.17) is 4.74 Å². The molecule has 0 aromatic heterocycles. The van der Waals surface area contributed by atoms with Gasteiger partial charge in [0.25, 0.3) is 0 Å². The second-order valence-corrected chi connectivity index (χ2v) is 11.9. The smallest absolute Gasteiger partial charge is 0.0642 e. The summed E-state index contributed by atoms with van der Waals surface area (Å²) in [6.45, 7) is 21.4. The predicted molar refractivity (Wildman–Crippen MR) is 142 cm³/mol. The van der Waals surface area contributed by atoms with E-state index in [0.717, 1.165) is 51.2 Å². The second-order valence-electron chi connectivity index (χ2n) is 11.9. The van der Waals surface area contributed by atoms with Crippen molar-refractivity contribution < 1.29 is 4.74 Å². The fourth-order valence-electron chi connectivity index (χ4n) is 5.59. The van der Waals surface area contributed by atoms with Crippen LogP contribution in [-0.2, 0) is 4.74 Å². The Balaban J connectivity index is 1.54. The predicted octanol–water partition coefficient (Wildman–Crippen LogP) is 5.92. The van der Waals surface area contributed by atoms with Gasteiger partial charge in [-0.15, -0.1) is 0 Å². The molecule has 3 aliphatic rings. The molecule has 0 amide bonds. The normalized spacial score (nSPS) is 23.2. The minimum Gasteiger partial charge on any atom is -0.378 e. The molecule has 0 spiro atoms. The van der Waals surface area contributed by atoms with Gasteiger partial charge < -0.3 is 14.5 Å². The van der Waals surface area contributed by atoms with Gasteiger partial charge in [-0.05, 0) is 73.3 Å². The summed E-state index contributed by atoms with van der Waals surface area (Å²) in [6.07, 6.45) is 7.60. The van der Waals surface area contributed by atoms with Crippen molar-refractivity contribution in [1.82, 2.24) is 4.90 Å². The Hall–Kier alpha value is -1.52. The summed E-state index contributed by atoms with van der Waals surface area (Å²) in [6, 6.07) is 7.27. The molecule has 2 aliphatic heterocycles. The van der Waals surface area contributed by atoms with Crippen LogP contribution in [0.4, 0.5) is 11.4 Å². The van der Waals surface area contributed by atoms with Crippen molar-refractivity contribution in [3.63, 3.8) is 0 Å². The molecule has 1 aromatic carbocycles. The lowest BCUT2D eigenvalue weighted by atomic mass is 9.72. The highest BCUT2D eigenvalue weighted by Crippen LogP contribution is 2.42. The van der Waals surface area contributed by atoms with Crippen molar-refractivity contribution in [2.24, 2.45) is 17.3 Å². The zero-order valence-electron chi connectivity index (χ0n) is 21.9. The monoisotopic (exact) mass is 453 g/mol. The number of hydrogen-bond donors (Lipinski definition) is 0. The molecule has 2 fully saturated rings. The number of hydrogen-bond acceptors (Lipinski definition) is 4. The first-order valence-corrected chi connectivity index (χ1v) is 13.4. The molecule has 184 valence electrons. The lowest BCUT2D eigenvalue weighted by Crippen LogP contribution is -2.47. The van der Waals surface area contributed by atoms with Crippen molar-refractivity contribution in [2.75, 3.05) is 68.8 Å². The summed E-state index contributed by atoms with van der Waals surface area (Å²) in [4.78, 5) is 7.81. The zero-order valence-corrected chi connectivity index (χ0v) is 21.9. The molecule has 0 N–H and O–H groups in total. The van der Waals surface area contributed by atoms with Crippen LogP contribution in [0.2, 0.25) is 0 Å². The van der Waals surface area contributed by atoms with Crippen molar-refractivity contribution in [2.45, 2.75) is 60.3 Å². The van der Waals surface area contributed by atoms with Crippen molar-refractivity contribution in [3.8, 4) is 0 Å². The molecule has 2 saturated heterocycles. The van der Waals surface area contributed by atoms with Crippen LogP contribution in [0.25, 0.3) is 5.57 Å². The molecule has 1 aliphatic carbocycles. The Labute approximate surface area is 203 Å². The van der Waals surface area contributed by atoms with Gasteiger partial charge in [-0.2, -0.15) is 0 Å². The molecular weight excluding hydrogens is 406 g/mol. The van der Waals surface area contributed by atoms with Gasteiger partial charge in [0.05, 0.1) is 13.2 Å². The highest BCUT2D eigenvalue weighted by atomic mass is 16.5. The van der Waals surface area contributed by atoms with Crippen molar-refractivity contribution in [3.05, 3.63) is 29.8 Å². The molecule has 4 heteroatoms. The average Bonchev–Trinajstić information content (AvgIpc) is 2.83. The third-order valence-corrected chi connectivity index (χ3v) is 8.07. The maximum atomic E-state index is 5.61. The fraction of sp³-hybridized carbons (Fsp3) is 0.724. The van der Waals surface area contributed by atoms with Gasteiger partial charge in [0.15, 0.2) is 0 Å². The average molecular weight is 454 g/mol. The quantitative estimate of drug-likeness (QED) is 0.532. The number of morpholine rings is 1. The Kier molecular flexibility index (Phi) is 8.07. The highest BCUT2D eigenvalue weighted by Gasteiger charge is 2.28. The van der Waals surface area contributed by atoms with Crippen LogP contribution in [-0.4, -0.2) is 63.9 Å². The molecule has 4 rings (SSSR count). The number of ether oxygens (including phenoxy) is 1. The number of rotatable bonds is 6. The number of nitrogens with zero attached hydrogens (tertiary/aromatic N) is 3. The van der Waals surface area contributed by atoms with Gasteiger partial charge in [-0.25, -0.2) is 0 Å². The van der Waals surface area contributed by atoms with Gasteiger partial charge in [0.1, 0.15) is 0 Å². The first kappa shape index (κ1) is 24.6. The third kappa shape index (κ3) is 6.33. The topological polar surface area (TPSA) is 19.0 Å². The Morgan fingerprint density at radius 2 is 1.70 bits per heavy atom. The summed E-state index contributed by atoms with van der Waals surface area (Å²) in [5.74, 6) is 1.58. The summed E-state index contributed by atoms with van der Waals surface area (Å²) < 4.78 is 5.61. The van der Waals surface area contributed by atoms with Gasteiger partial charge in [-0.1, -0.05) is 40.7 Å². The zero-order chi connectivity index (χ0) is 23.4. The summed E-state index contributed by atoms with van der Waals surface area (Å²) in [5, 5.41) is 0. The van der Waals surface area contributed by atoms with Gasteiger partial charge >= 0.3 is 0 Å². The van der Waals surface area contributed by atoms with Crippen molar-refractivity contribution >= 4 is 16.9 Å². The number of piperazine rings is 1. The van der Waals surface area contributed by atoms with E-state index in [1.807, 2.05) is 0 Å². The Morgan fingerprint density at radius 3 is 2.30 bits per heavy atom. The first-order chi connectivity index (χ1) is 15.8. The molecule has 33 heavy (non-hydrogen) atoms. The van der Waals surface area contributed by atoms with Crippen LogP contribution in [0.5, 0.6) is 0 Å². The molecule has 1 unspecified atom stereocenters. The molecule has 0 radical (unpaired) electrons. The molecule has 0 saturated carbocycles. The maximum Gasteiger partial charge on any atom is 0.0642 e. The standard InChI is InChI=1S/C29H47N3O/c1-23(2)12-13-30-14-16-32(17-15-30)28-11-10-26(31-18-20-33-21-19-31)22-27(28)24-6-8-25(9-7-24)29(3,4)5/h6,10-11,22-23,25H,7-9,12-21H2,1-5H3. The summed E-state index contributed by atoms with van der Waals surface area (Å²) in [7, 11) is 0. The van der Waals surface area contributed by atoms with Gasteiger partial charge in [0.2, 0.25) is 0 Å². The lowest BCUT2D eigenvalue weighted by Gasteiger charge is -2.39. The number of anilines is 2. The molecule has 1 atom stereocenters. The Morgan fingerprint density at radius 1 is 0.970 bits per heavy atom. The molecule has 0 bridgehead atoms. The van der Waals surface area contributed by atoms with Gasteiger partial charge in [0, 0.05) is 56.2 Å². The minimum absolute atomic E-state index is 0.396. The molecular formula is C29H47N3O. The van der Waals surface area contributed by atoms with Crippen LogP contribution >= 0.6 is 0 Å². The molecule has 1 aromatic rings. The lowest BCUT2D eigenvalue weighted by molar-refractivity contribution is 0.122. The van der Waals surface area contributed by atoms with E-state index in [1.165, 1.54) is 62.3 Å².